The van der Waals surface area contributed by atoms with Crippen LogP contribution >= 0.6 is 0 Å². The van der Waals surface area contributed by atoms with Crippen molar-refractivity contribution in [1.29, 1.82) is 0 Å². The number of rotatable bonds is 8. The van der Waals surface area contributed by atoms with E-state index in [4.69, 9.17) is 0 Å². The summed E-state index contributed by atoms with van der Waals surface area (Å²) in [6.45, 7) is 0. The van der Waals surface area contributed by atoms with Crippen LogP contribution in [0.3, 0.4) is 0 Å². The summed E-state index contributed by atoms with van der Waals surface area (Å²) in [5.41, 5.74) is 20.5. The number of para-hydroxylation sites is 2. The van der Waals surface area contributed by atoms with Gasteiger partial charge >= 0.3 is 0 Å². The van der Waals surface area contributed by atoms with E-state index in [9.17, 15) is 0 Å². The van der Waals surface area contributed by atoms with Gasteiger partial charge < -0.3 is 9.80 Å². The van der Waals surface area contributed by atoms with Crippen molar-refractivity contribution in [1.82, 2.24) is 0 Å². The standard InChI is InChI=1S/C66H50N2/c1-5-23-49(24-6-1)65(50-25-7-2-8-26-50)59-32-16-15-31-57(59)58-40-39-56(44-60(58)65)68(54-29-11-4-12-30-54)62-34-18-22-48-42-52-37-36-51-41-47-21-17-33-61(63(47)66(51,52)64(48)62)67(53-27-9-3-10-28-53)55-38-35-45-19-13-14-20-46(45)43-55/h1-35,38-40,43-44,51-52H,36-37,41-42H2. The minimum absolute atomic E-state index is 0.167. The minimum Gasteiger partial charge on any atom is -0.310 e. The van der Waals surface area contributed by atoms with E-state index in [1.165, 1.54) is 113 Å². The molecular weight excluding hydrogens is 821 g/mol. The van der Waals surface area contributed by atoms with Crippen molar-refractivity contribution in [3.63, 3.8) is 0 Å². The molecule has 1 fully saturated rings. The second-order valence-electron chi connectivity index (χ2n) is 19.5. The van der Waals surface area contributed by atoms with Gasteiger partial charge in [-0.05, 0) is 165 Å². The van der Waals surface area contributed by atoms with Crippen molar-refractivity contribution in [2.45, 2.75) is 36.5 Å². The smallest absolute Gasteiger partial charge is 0.0714 e. The molecule has 4 aliphatic rings. The van der Waals surface area contributed by atoms with Crippen molar-refractivity contribution in [3.05, 3.63) is 287 Å². The van der Waals surface area contributed by atoms with Gasteiger partial charge in [0.2, 0.25) is 0 Å². The van der Waals surface area contributed by atoms with Crippen LogP contribution < -0.4 is 9.80 Å². The molecule has 10 aromatic rings. The number of hydrogen-bond acceptors (Lipinski definition) is 2. The Labute approximate surface area is 399 Å². The van der Waals surface area contributed by atoms with Crippen LogP contribution in [0.1, 0.15) is 57.3 Å². The number of benzene rings is 10. The van der Waals surface area contributed by atoms with E-state index in [-0.39, 0.29) is 5.41 Å². The predicted octanol–water partition coefficient (Wildman–Crippen LogP) is 16.6. The third-order valence-electron chi connectivity index (χ3n) is 16.4. The summed E-state index contributed by atoms with van der Waals surface area (Å²) in [6, 6.07) is 91.4. The van der Waals surface area contributed by atoms with Crippen LogP contribution in [0, 0.1) is 11.8 Å². The lowest BCUT2D eigenvalue weighted by atomic mass is 9.67. The maximum Gasteiger partial charge on any atom is 0.0714 e. The maximum atomic E-state index is 2.62. The summed E-state index contributed by atoms with van der Waals surface area (Å²) in [5, 5.41) is 2.51. The largest absolute Gasteiger partial charge is 0.310 e. The molecule has 0 amide bonds. The molecule has 3 unspecified atom stereocenters. The van der Waals surface area contributed by atoms with E-state index >= 15 is 0 Å². The highest BCUT2D eigenvalue weighted by Gasteiger charge is 2.62. The molecule has 0 heterocycles. The summed E-state index contributed by atoms with van der Waals surface area (Å²) in [4.78, 5) is 5.19. The average Bonchev–Trinajstić information content (AvgIpc) is 4.12. The minimum atomic E-state index is -0.505. The Balaban J connectivity index is 1.02. The lowest BCUT2D eigenvalue weighted by Gasteiger charge is -2.40. The predicted molar refractivity (Wildman–Crippen MR) is 281 cm³/mol. The van der Waals surface area contributed by atoms with Crippen molar-refractivity contribution < 1.29 is 0 Å². The van der Waals surface area contributed by atoms with Crippen LogP contribution in [-0.2, 0) is 23.7 Å². The SMILES string of the molecule is c1ccc(N(c2ccc3c(c2)C(c2ccccc2)(c2ccccc2)c2ccccc2-3)c2cccc3c2C24c5c(cccc5N(c5ccccc5)c5ccc6ccccc6c5)CC2CCC4C3)cc1. The van der Waals surface area contributed by atoms with Crippen LogP contribution in [0.15, 0.2) is 243 Å². The van der Waals surface area contributed by atoms with Gasteiger partial charge in [0, 0.05) is 28.2 Å². The molecule has 324 valence electrons. The first kappa shape index (κ1) is 39.2. The molecule has 0 saturated heterocycles. The topological polar surface area (TPSA) is 6.48 Å². The fourth-order valence-electron chi connectivity index (χ4n) is 13.9. The van der Waals surface area contributed by atoms with E-state index in [2.05, 4.69) is 252 Å². The first-order valence-electron chi connectivity index (χ1n) is 24.5. The molecule has 0 N–H and O–H groups in total. The number of fused-ring (bicyclic) bond motifs is 6. The summed E-state index contributed by atoms with van der Waals surface area (Å²) in [5.74, 6) is 0.993. The molecule has 0 aromatic heterocycles. The summed E-state index contributed by atoms with van der Waals surface area (Å²) >= 11 is 0. The Morgan fingerprint density at radius 1 is 0.338 bits per heavy atom. The van der Waals surface area contributed by atoms with Gasteiger partial charge in [-0.25, -0.2) is 0 Å². The zero-order chi connectivity index (χ0) is 44.8. The van der Waals surface area contributed by atoms with Gasteiger partial charge in [-0.15, -0.1) is 0 Å². The van der Waals surface area contributed by atoms with Gasteiger partial charge in [0.25, 0.3) is 0 Å². The zero-order valence-corrected chi connectivity index (χ0v) is 38.0. The van der Waals surface area contributed by atoms with Crippen molar-refractivity contribution in [2.75, 3.05) is 9.80 Å². The average molecular weight is 871 g/mol. The van der Waals surface area contributed by atoms with Gasteiger partial charge in [-0.3, -0.25) is 0 Å². The molecule has 4 aliphatic carbocycles. The fraction of sp³-hybridized carbons (Fsp3) is 0.121. The molecule has 2 heteroatoms. The first-order valence-corrected chi connectivity index (χ1v) is 24.5. The second-order valence-corrected chi connectivity index (χ2v) is 19.5. The van der Waals surface area contributed by atoms with Crippen LogP contribution in [0.2, 0.25) is 0 Å². The summed E-state index contributed by atoms with van der Waals surface area (Å²) in [6.07, 6.45) is 4.63. The number of nitrogens with zero attached hydrogens (tertiary/aromatic N) is 2. The van der Waals surface area contributed by atoms with E-state index in [1.807, 2.05) is 0 Å². The van der Waals surface area contributed by atoms with Crippen LogP contribution in [0.4, 0.5) is 34.1 Å². The van der Waals surface area contributed by atoms with Gasteiger partial charge in [0.15, 0.2) is 0 Å². The molecule has 2 nitrogen and oxygen atoms in total. The third kappa shape index (κ3) is 5.52. The van der Waals surface area contributed by atoms with E-state index in [0.29, 0.717) is 11.8 Å². The Kier molecular flexibility index (Phi) is 8.83. The van der Waals surface area contributed by atoms with Crippen molar-refractivity contribution in [2.24, 2.45) is 11.8 Å². The normalized spacial score (nSPS) is 18.8. The Morgan fingerprint density at radius 2 is 0.809 bits per heavy atom. The van der Waals surface area contributed by atoms with Crippen LogP contribution in [-0.4, -0.2) is 0 Å². The number of anilines is 6. The van der Waals surface area contributed by atoms with E-state index < -0.39 is 5.41 Å². The molecule has 10 aromatic carbocycles. The molecule has 0 bridgehead atoms. The number of hydrogen-bond donors (Lipinski definition) is 0. The lowest BCUT2D eigenvalue weighted by Crippen LogP contribution is -2.34. The van der Waals surface area contributed by atoms with E-state index in [0.717, 1.165) is 12.8 Å². The molecule has 0 aliphatic heterocycles. The monoisotopic (exact) mass is 870 g/mol. The van der Waals surface area contributed by atoms with Gasteiger partial charge in [-0.2, -0.15) is 0 Å². The van der Waals surface area contributed by atoms with E-state index in [1.54, 1.807) is 0 Å². The summed E-state index contributed by atoms with van der Waals surface area (Å²) < 4.78 is 0. The highest BCUT2D eigenvalue weighted by Crippen LogP contribution is 2.69. The highest BCUT2D eigenvalue weighted by atomic mass is 15.2. The van der Waals surface area contributed by atoms with Crippen LogP contribution in [0.5, 0.6) is 0 Å². The molecule has 1 saturated carbocycles. The molecular formula is C66H50N2. The molecule has 0 radical (unpaired) electrons. The van der Waals surface area contributed by atoms with Crippen molar-refractivity contribution in [3.8, 4) is 11.1 Å². The van der Waals surface area contributed by atoms with Crippen LogP contribution in [0.25, 0.3) is 21.9 Å². The fourth-order valence-corrected chi connectivity index (χ4v) is 13.9. The zero-order valence-electron chi connectivity index (χ0n) is 38.0. The summed E-state index contributed by atoms with van der Waals surface area (Å²) in [7, 11) is 0. The Hall–Kier alpha value is -7.94. The molecule has 14 rings (SSSR count). The Morgan fingerprint density at radius 3 is 1.40 bits per heavy atom. The van der Waals surface area contributed by atoms with Crippen molar-refractivity contribution >= 4 is 44.9 Å². The van der Waals surface area contributed by atoms with Gasteiger partial charge in [0.05, 0.1) is 16.8 Å². The van der Waals surface area contributed by atoms with Gasteiger partial charge in [-0.1, -0.05) is 182 Å². The quantitative estimate of drug-likeness (QED) is 0.150. The second kappa shape index (κ2) is 15.3. The van der Waals surface area contributed by atoms with Gasteiger partial charge in [0.1, 0.15) is 0 Å². The molecule has 1 spiro atoms. The molecule has 68 heavy (non-hydrogen) atoms. The third-order valence-corrected chi connectivity index (χ3v) is 16.4. The maximum absolute atomic E-state index is 2.62. The molecule has 3 atom stereocenters. The highest BCUT2D eigenvalue weighted by molar-refractivity contribution is 5.93. The Bertz CT molecular complexity index is 3500. The first-order chi connectivity index (χ1) is 33.7. The lowest BCUT2D eigenvalue weighted by molar-refractivity contribution is 0.350.